The summed E-state index contributed by atoms with van der Waals surface area (Å²) in [6, 6.07) is 11.0. The van der Waals surface area contributed by atoms with Crippen molar-refractivity contribution in [1.29, 1.82) is 0 Å². The van der Waals surface area contributed by atoms with Crippen molar-refractivity contribution in [2.75, 3.05) is 18.4 Å². The summed E-state index contributed by atoms with van der Waals surface area (Å²) in [6.45, 7) is 1.45. The first-order chi connectivity index (χ1) is 11.9. The molecular formula is C18H17Cl2FN2O2. The largest absolute Gasteiger partial charge is 0.333 e. The number of halogens is 3. The molecular weight excluding hydrogens is 366 g/mol. The fraction of sp³-hybridized carbons (Fsp3) is 0.222. The van der Waals surface area contributed by atoms with Crippen LogP contribution in [0.4, 0.5) is 10.1 Å². The van der Waals surface area contributed by atoms with Crippen LogP contribution in [0.15, 0.2) is 42.5 Å². The normalized spacial score (nSPS) is 10.4. The van der Waals surface area contributed by atoms with Gasteiger partial charge in [0.2, 0.25) is 11.8 Å². The van der Waals surface area contributed by atoms with Gasteiger partial charge in [0.05, 0.1) is 17.3 Å². The minimum atomic E-state index is -0.395. The Morgan fingerprint density at radius 3 is 2.52 bits per heavy atom. The summed E-state index contributed by atoms with van der Waals surface area (Å²) in [6.07, 6.45) is 0.321. The predicted molar refractivity (Wildman–Crippen MR) is 97.4 cm³/mol. The van der Waals surface area contributed by atoms with E-state index in [0.717, 1.165) is 0 Å². The molecule has 0 heterocycles. The highest BCUT2D eigenvalue weighted by molar-refractivity contribution is 6.36. The lowest BCUT2D eigenvalue weighted by Gasteiger charge is -2.21. The molecule has 0 unspecified atom stereocenters. The number of anilines is 1. The van der Waals surface area contributed by atoms with Gasteiger partial charge in [-0.15, -0.1) is 0 Å². The lowest BCUT2D eigenvalue weighted by atomic mass is 10.1. The SMILES string of the molecule is CC(=O)N(CCc1ccccc1F)CC(=O)Nc1ccc(Cl)cc1Cl. The van der Waals surface area contributed by atoms with Gasteiger partial charge in [0.15, 0.2) is 0 Å². The lowest BCUT2D eigenvalue weighted by molar-refractivity contribution is -0.132. The van der Waals surface area contributed by atoms with E-state index in [1.165, 1.54) is 24.0 Å². The van der Waals surface area contributed by atoms with Crippen molar-refractivity contribution in [2.24, 2.45) is 0 Å². The smallest absolute Gasteiger partial charge is 0.244 e. The van der Waals surface area contributed by atoms with Gasteiger partial charge in [-0.1, -0.05) is 41.4 Å². The zero-order chi connectivity index (χ0) is 18.4. The van der Waals surface area contributed by atoms with E-state index in [0.29, 0.717) is 27.7 Å². The van der Waals surface area contributed by atoms with Gasteiger partial charge in [0.25, 0.3) is 0 Å². The van der Waals surface area contributed by atoms with Crippen molar-refractivity contribution in [3.05, 3.63) is 63.9 Å². The molecule has 1 N–H and O–H groups in total. The van der Waals surface area contributed by atoms with Gasteiger partial charge in [-0.25, -0.2) is 4.39 Å². The number of benzene rings is 2. The third-order valence-electron chi connectivity index (χ3n) is 3.59. The van der Waals surface area contributed by atoms with E-state index in [4.69, 9.17) is 23.2 Å². The first-order valence-electron chi connectivity index (χ1n) is 7.60. The molecule has 2 aromatic rings. The second-order valence-electron chi connectivity index (χ2n) is 5.45. The van der Waals surface area contributed by atoms with Crippen LogP contribution < -0.4 is 5.32 Å². The second kappa shape index (κ2) is 8.83. The Morgan fingerprint density at radius 1 is 1.16 bits per heavy atom. The Labute approximate surface area is 155 Å². The molecule has 0 saturated carbocycles. The molecule has 0 aromatic heterocycles. The summed E-state index contributed by atoms with van der Waals surface area (Å²) in [5.74, 6) is -0.995. The maximum atomic E-state index is 13.7. The van der Waals surface area contributed by atoms with E-state index < -0.39 is 5.91 Å². The molecule has 4 nitrogen and oxygen atoms in total. The molecule has 0 aliphatic carbocycles. The van der Waals surface area contributed by atoms with Crippen molar-refractivity contribution in [3.63, 3.8) is 0 Å². The molecule has 25 heavy (non-hydrogen) atoms. The zero-order valence-corrected chi connectivity index (χ0v) is 15.1. The third-order valence-corrected chi connectivity index (χ3v) is 4.14. The molecule has 0 spiro atoms. The molecule has 0 aliphatic rings. The van der Waals surface area contributed by atoms with E-state index in [-0.39, 0.29) is 24.8 Å². The summed E-state index contributed by atoms with van der Waals surface area (Å²) < 4.78 is 13.7. The number of nitrogens with zero attached hydrogens (tertiary/aromatic N) is 1. The van der Waals surface area contributed by atoms with Crippen LogP contribution in [0.25, 0.3) is 0 Å². The predicted octanol–water partition coefficient (Wildman–Crippen LogP) is 4.16. The Morgan fingerprint density at radius 2 is 1.88 bits per heavy atom. The molecule has 2 rings (SSSR count). The van der Waals surface area contributed by atoms with Crippen LogP contribution in [0.1, 0.15) is 12.5 Å². The molecule has 132 valence electrons. The van der Waals surface area contributed by atoms with Gasteiger partial charge in [-0.05, 0) is 36.2 Å². The summed E-state index contributed by atoms with van der Waals surface area (Å²) in [5, 5.41) is 3.40. The summed E-state index contributed by atoms with van der Waals surface area (Å²) in [5.41, 5.74) is 0.906. The van der Waals surface area contributed by atoms with E-state index >= 15 is 0 Å². The first kappa shape index (κ1) is 19.2. The van der Waals surface area contributed by atoms with Gasteiger partial charge < -0.3 is 10.2 Å². The number of nitrogens with one attached hydrogen (secondary N) is 1. The molecule has 0 saturated heterocycles. The summed E-state index contributed by atoms with van der Waals surface area (Å²) >= 11 is 11.8. The highest BCUT2D eigenvalue weighted by Gasteiger charge is 2.15. The van der Waals surface area contributed by atoms with Gasteiger partial charge >= 0.3 is 0 Å². The molecule has 0 fully saturated rings. The Bertz CT molecular complexity index is 783. The number of carbonyl (C=O) groups is 2. The fourth-order valence-electron chi connectivity index (χ4n) is 2.26. The Hall–Kier alpha value is -2.11. The molecule has 0 radical (unpaired) electrons. The fourth-order valence-corrected chi connectivity index (χ4v) is 2.71. The van der Waals surface area contributed by atoms with Gasteiger partial charge in [0, 0.05) is 18.5 Å². The number of hydrogen-bond donors (Lipinski definition) is 1. The molecule has 2 amide bonds. The minimum absolute atomic E-state index is 0.150. The van der Waals surface area contributed by atoms with E-state index in [2.05, 4.69) is 5.32 Å². The van der Waals surface area contributed by atoms with E-state index in [1.54, 1.807) is 30.3 Å². The van der Waals surface area contributed by atoms with Crippen LogP contribution in [0, 0.1) is 5.82 Å². The highest BCUT2D eigenvalue weighted by Crippen LogP contribution is 2.25. The van der Waals surface area contributed by atoms with Crippen LogP contribution in [0.2, 0.25) is 10.0 Å². The van der Waals surface area contributed by atoms with Crippen molar-refractivity contribution in [1.82, 2.24) is 4.90 Å². The number of rotatable bonds is 6. The van der Waals surface area contributed by atoms with Gasteiger partial charge in [0.1, 0.15) is 5.82 Å². The average molecular weight is 383 g/mol. The third kappa shape index (κ3) is 5.73. The van der Waals surface area contributed by atoms with Gasteiger partial charge in [-0.3, -0.25) is 9.59 Å². The molecule has 7 heteroatoms. The van der Waals surface area contributed by atoms with E-state index in [1.807, 2.05) is 0 Å². The van der Waals surface area contributed by atoms with Crippen LogP contribution >= 0.6 is 23.2 Å². The second-order valence-corrected chi connectivity index (χ2v) is 6.30. The summed E-state index contributed by atoms with van der Waals surface area (Å²) in [7, 11) is 0. The van der Waals surface area contributed by atoms with Crippen molar-refractivity contribution in [3.8, 4) is 0 Å². The summed E-state index contributed by atoms with van der Waals surface area (Å²) in [4.78, 5) is 25.3. The van der Waals surface area contributed by atoms with E-state index in [9.17, 15) is 14.0 Å². The zero-order valence-electron chi connectivity index (χ0n) is 13.6. The molecule has 0 aliphatic heterocycles. The van der Waals surface area contributed by atoms with Crippen molar-refractivity contribution >= 4 is 40.7 Å². The first-order valence-corrected chi connectivity index (χ1v) is 8.36. The lowest BCUT2D eigenvalue weighted by Crippen LogP contribution is -2.38. The Kier molecular flexibility index (Phi) is 6.79. The van der Waals surface area contributed by atoms with Crippen LogP contribution in [0.3, 0.4) is 0 Å². The van der Waals surface area contributed by atoms with Gasteiger partial charge in [-0.2, -0.15) is 0 Å². The highest BCUT2D eigenvalue weighted by atomic mass is 35.5. The minimum Gasteiger partial charge on any atom is -0.333 e. The maximum Gasteiger partial charge on any atom is 0.244 e. The maximum absolute atomic E-state index is 13.7. The molecule has 0 bridgehead atoms. The van der Waals surface area contributed by atoms with Crippen LogP contribution in [-0.4, -0.2) is 29.8 Å². The Balaban J connectivity index is 1.97. The standard InChI is InChI=1S/C18H17Cl2FN2O2/c1-12(24)23(9-8-13-4-2-3-5-16(13)21)11-18(25)22-17-7-6-14(19)10-15(17)20/h2-7,10H,8-9,11H2,1H3,(H,22,25). The average Bonchev–Trinajstić information content (AvgIpc) is 2.55. The monoisotopic (exact) mass is 382 g/mol. The van der Waals surface area contributed by atoms with Crippen LogP contribution in [-0.2, 0) is 16.0 Å². The van der Waals surface area contributed by atoms with Crippen molar-refractivity contribution in [2.45, 2.75) is 13.3 Å². The van der Waals surface area contributed by atoms with Crippen LogP contribution in [0.5, 0.6) is 0 Å². The number of amides is 2. The number of carbonyl (C=O) groups excluding carboxylic acids is 2. The van der Waals surface area contributed by atoms with Crippen molar-refractivity contribution < 1.29 is 14.0 Å². The molecule has 0 atom stereocenters. The quantitative estimate of drug-likeness (QED) is 0.814. The molecule has 2 aromatic carbocycles. The number of hydrogen-bond acceptors (Lipinski definition) is 2. The topological polar surface area (TPSA) is 49.4 Å².